The summed E-state index contributed by atoms with van der Waals surface area (Å²) in [7, 11) is 0. The van der Waals surface area contributed by atoms with Crippen molar-refractivity contribution >= 4 is 23.4 Å². The maximum absolute atomic E-state index is 14.0. The lowest BCUT2D eigenvalue weighted by Crippen LogP contribution is -2.41. The Hall–Kier alpha value is -2.87. The molecule has 0 aliphatic carbocycles. The van der Waals surface area contributed by atoms with Crippen molar-refractivity contribution in [1.82, 2.24) is 14.9 Å². The van der Waals surface area contributed by atoms with Crippen molar-refractivity contribution in [2.24, 2.45) is 0 Å². The molecule has 1 aliphatic heterocycles. The van der Waals surface area contributed by atoms with Crippen LogP contribution in [0, 0.1) is 12.7 Å². The van der Waals surface area contributed by atoms with Crippen molar-refractivity contribution in [3.63, 3.8) is 0 Å². The van der Waals surface area contributed by atoms with Gasteiger partial charge in [0.1, 0.15) is 11.1 Å². The fourth-order valence-electron chi connectivity index (χ4n) is 3.27. The zero-order valence-corrected chi connectivity index (χ0v) is 17.0. The minimum atomic E-state index is -0.538. The summed E-state index contributed by atoms with van der Waals surface area (Å²) < 4.78 is 15.9. The van der Waals surface area contributed by atoms with Crippen LogP contribution >= 0.6 is 11.8 Å². The van der Waals surface area contributed by atoms with Gasteiger partial charge in [-0.3, -0.25) is 4.79 Å². The van der Waals surface area contributed by atoms with Gasteiger partial charge in [0, 0.05) is 6.42 Å². The number of benzene rings is 2. The first-order valence-electron chi connectivity index (χ1n) is 9.56. The molecule has 1 amide bonds. The van der Waals surface area contributed by atoms with Gasteiger partial charge in [-0.25, -0.2) is 9.07 Å². The molecule has 8 heteroatoms. The second kappa shape index (κ2) is 8.24. The zero-order valence-electron chi connectivity index (χ0n) is 16.2. The van der Waals surface area contributed by atoms with Crippen LogP contribution in [0.15, 0.2) is 53.7 Å². The molecule has 0 unspecified atom stereocenters. The van der Waals surface area contributed by atoms with E-state index in [1.54, 1.807) is 18.2 Å². The van der Waals surface area contributed by atoms with Gasteiger partial charge in [0.15, 0.2) is 5.82 Å². The van der Waals surface area contributed by atoms with Crippen LogP contribution < -0.4 is 10.7 Å². The van der Waals surface area contributed by atoms with Gasteiger partial charge in [-0.1, -0.05) is 60.6 Å². The molecular weight excluding hydrogens is 389 g/mol. The molecule has 0 saturated carbocycles. The number of hydrogen-bond donors (Lipinski definition) is 2. The molecule has 0 spiro atoms. The first-order chi connectivity index (χ1) is 14.1. The molecular formula is C21H22FN5OS. The van der Waals surface area contributed by atoms with Crippen LogP contribution in [0.5, 0.6) is 0 Å². The standard InChI is InChI=1S/C21H22FN5OS/c1-3-6-17-24-25-21-27(17)26-18(14-11-9-13(2)10-12-14)19(29-21)20(28)23-16-8-5-4-7-15(16)22/h4-5,7-12,18-19,26H,3,6H2,1-2H3,(H,23,28)/t18-,19+/m0/s1. The van der Waals surface area contributed by atoms with Gasteiger partial charge in [0.05, 0.1) is 11.7 Å². The number of aryl methyl sites for hydroxylation is 2. The summed E-state index contributed by atoms with van der Waals surface area (Å²) in [5.74, 6) is 0.0828. The van der Waals surface area contributed by atoms with Gasteiger partial charge in [-0.15, -0.1) is 10.2 Å². The van der Waals surface area contributed by atoms with Crippen LogP contribution in [0.1, 0.15) is 36.3 Å². The third kappa shape index (κ3) is 3.98. The second-order valence-electron chi connectivity index (χ2n) is 7.01. The molecule has 0 bridgehead atoms. The van der Waals surface area contributed by atoms with Crippen molar-refractivity contribution in [1.29, 1.82) is 0 Å². The van der Waals surface area contributed by atoms with Crippen molar-refractivity contribution < 1.29 is 9.18 Å². The van der Waals surface area contributed by atoms with Gasteiger partial charge in [-0.2, -0.15) is 0 Å². The highest BCUT2D eigenvalue weighted by Crippen LogP contribution is 2.37. The molecule has 2 heterocycles. The number of aromatic nitrogens is 3. The van der Waals surface area contributed by atoms with E-state index in [4.69, 9.17) is 0 Å². The number of amides is 1. The topological polar surface area (TPSA) is 71.8 Å². The van der Waals surface area contributed by atoms with Crippen LogP contribution in [-0.4, -0.2) is 26.0 Å². The van der Waals surface area contributed by atoms with Crippen LogP contribution in [0.4, 0.5) is 10.1 Å². The highest BCUT2D eigenvalue weighted by atomic mass is 32.2. The quantitative estimate of drug-likeness (QED) is 0.662. The van der Waals surface area contributed by atoms with Gasteiger partial charge in [-0.05, 0) is 31.0 Å². The molecule has 3 aromatic rings. The van der Waals surface area contributed by atoms with Crippen molar-refractivity contribution in [3.05, 3.63) is 71.3 Å². The van der Waals surface area contributed by atoms with E-state index in [-0.39, 0.29) is 17.6 Å². The Morgan fingerprint density at radius 2 is 1.97 bits per heavy atom. The van der Waals surface area contributed by atoms with E-state index in [1.807, 2.05) is 35.9 Å². The largest absolute Gasteiger partial charge is 0.323 e. The maximum atomic E-state index is 14.0. The number of anilines is 1. The smallest absolute Gasteiger partial charge is 0.240 e. The summed E-state index contributed by atoms with van der Waals surface area (Å²) in [4.78, 5) is 13.1. The number of fused-ring (bicyclic) bond motifs is 1. The van der Waals surface area contributed by atoms with Crippen LogP contribution in [0.25, 0.3) is 0 Å². The first kappa shape index (κ1) is 19.4. The minimum absolute atomic E-state index is 0.166. The summed E-state index contributed by atoms with van der Waals surface area (Å²) in [5, 5.41) is 11.3. The molecule has 29 heavy (non-hydrogen) atoms. The Kier molecular flexibility index (Phi) is 5.53. The summed E-state index contributed by atoms with van der Waals surface area (Å²) in [6.07, 6.45) is 1.73. The Morgan fingerprint density at radius 1 is 1.21 bits per heavy atom. The Bertz CT molecular complexity index is 1020. The average Bonchev–Trinajstić information content (AvgIpc) is 3.11. The Balaban J connectivity index is 1.67. The van der Waals surface area contributed by atoms with E-state index in [1.165, 1.54) is 17.8 Å². The molecule has 2 N–H and O–H groups in total. The van der Waals surface area contributed by atoms with Gasteiger partial charge >= 0.3 is 0 Å². The highest BCUT2D eigenvalue weighted by Gasteiger charge is 2.37. The molecule has 0 saturated heterocycles. The summed E-state index contributed by atoms with van der Waals surface area (Å²) in [6.45, 7) is 4.10. The average molecular weight is 412 g/mol. The fourth-order valence-corrected chi connectivity index (χ4v) is 4.37. The van der Waals surface area contributed by atoms with E-state index < -0.39 is 11.1 Å². The summed E-state index contributed by atoms with van der Waals surface area (Å²) in [5.41, 5.74) is 5.69. The van der Waals surface area contributed by atoms with E-state index in [9.17, 15) is 9.18 Å². The van der Waals surface area contributed by atoms with Gasteiger partial charge in [0.2, 0.25) is 11.1 Å². The lowest BCUT2D eigenvalue weighted by atomic mass is 10.0. The molecule has 0 fully saturated rings. The van der Waals surface area contributed by atoms with Crippen LogP contribution in [0.3, 0.4) is 0 Å². The SMILES string of the molecule is CCCc1nnc2n1N[C@@H](c1ccc(C)cc1)[C@H](C(=O)Nc1ccccc1F)S2. The van der Waals surface area contributed by atoms with Gasteiger partial charge < -0.3 is 10.7 Å². The number of nitrogens with one attached hydrogen (secondary N) is 2. The van der Waals surface area contributed by atoms with E-state index >= 15 is 0 Å². The normalized spacial score (nSPS) is 18.0. The number of carbonyl (C=O) groups excluding carboxylic acids is 1. The second-order valence-corrected chi connectivity index (χ2v) is 8.12. The number of thioether (sulfide) groups is 1. The van der Waals surface area contributed by atoms with E-state index in [2.05, 4.69) is 27.9 Å². The molecule has 1 aromatic heterocycles. The molecule has 2 aromatic carbocycles. The number of rotatable bonds is 5. The molecule has 4 rings (SSSR count). The predicted octanol–water partition coefficient (Wildman–Crippen LogP) is 4.08. The lowest BCUT2D eigenvalue weighted by molar-refractivity contribution is -0.116. The van der Waals surface area contributed by atoms with Gasteiger partial charge in [0.25, 0.3) is 0 Å². The monoisotopic (exact) mass is 411 g/mol. The number of halogens is 1. The van der Waals surface area contributed by atoms with Crippen LogP contribution in [0.2, 0.25) is 0 Å². The Labute approximate surface area is 172 Å². The third-order valence-corrected chi connectivity index (χ3v) is 6.02. The highest BCUT2D eigenvalue weighted by molar-refractivity contribution is 8.00. The maximum Gasteiger partial charge on any atom is 0.240 e. The molecule has 0 radical (unpaired) electrons. The lowest BCUT2D eigenvalue weighted by Gasteiger charge is -2.33. The number of nitrogens with zero attached hydrogens (tertiary/aromatic N) is 3. The van der Waals surface area contributed by atoms with E-state index in [0.29, 0.717) is 5.16 Å². The van der Waals surface area contributed by atoms with Crippen molar-refractivity contribution in [2.45, 2.75) is 43.1 Å². The minimum Gasteiger partial charge on any atom is -0.323 e. The summed E-state index contributed by atoms with van der Waals surface area (Å²) in [6, 6.07) is 13.9. The first-order valence-corrected chi connectivity index (χ1v) is 10.4. The van der Waals surface area contributed by atoms with Crippen molar-refractivity contribution in [3.8, 4) is 0 Å². The zero-order chi connectivity index (χ0) is 20.4. The predicted molar refractivity (Wildman–Crippen MR) is 112 cm³/mol. The molecule has 6 nitrogen and oxygen atoms in total. The van der Waals surface area contributed by atoms with Crippen molar-refractivity contribution in [2.75, 3.05) is 10.7 Å². The Morgan fingerprint density at radius 3 is 2.69 bits per heavy atom. The number of para-hydroxylation sites is 1. The molecule has 1 aliphatic rings. The number of carbonyl (C=O) groups is 1. The molecule has 2 atom stereocenters. The number of hydrogen-bond acceptors (Lipinski definition) is 5. The van der Waals surface area contributed by atoms with Crippen LogP contribution in [-0.2, 0) is 11.2 Å². The fraction of sp³-hybridized carbons (Fsp3) is 0.286. The molecule has 150 valence electrons. The summed E-state index contributed by atoms with van der Waals surface area (Å²) >= 11 is 1.34. The third-order valence-electron chi connectivity index (χ3n) is 4.80. The van der Waals surface area contributed by atoms with E-state index in [0.717, 1.165) is 29.8 Å².